The number of carbonyl (C=O) groups excluding carboxylic acids is 1. The smallest absolute Gasteiger partial charge is 0.163 e. The van der Waals surface area contributed by atoms with E-state index in [0.717, 1.165) is 105 Å². The van der Waals surface area contributed by atoms with E-state index in [1.165, 1.54) is 12.1 Å². The van der Waals surface area contributed by atoms with Crippen LogP contribution in [0.15, 0.2) is 48.5 Å². The Morgan fingerprint density at radius 2 is 1.27 bits per heavy atom. The molecule has 3 heterocycles. The number of aryl methyl sites for hydroxylation is 1. The van der Waals surface area contributed by atoms with Crippen LogP contribution in [0, 0.1) is 5.82 Å². The lowest BCUT2D eigenvalue weighted by Crippen LogP contribution is -2.23. The summed E-state index contributed by atoms with van der Waals surface area (Å²) in [5.41, 5.74) is 6.34. The van der Waals surface area contributed by atoms with Gasteiger partial charge in [-0.3, -0.25) is 9.89 Å². The van der Waals surface area contributed by atoms with Crippen LogP contribution >= 0.6 is 0 Å². The SMILES string of the molecule is O=C1CCc2cc(OCCCOC3CCCCO3)c(OCCCOC3CCCCO3)cc21.OCCCOc1cc2c(cc1OCCCO)-c1[nH]nc(Nc3cccc(F)c3)c1C2. The number of nitrogens with zero attached hydrogens (tertiary/aromatic N) is 1. The molecule has 336 valence electrons. The highest BCUT2D eigenvalue weighted by molar-refractivity contribution is 6.01. The van der Waals surface area contributed by atoms with Crippen molar-refractivity contribution in [3.05, 3.63) is 76.6 Å². The van der Waals surface area contributed by atoms with Gasteiger partial charge in [-0.05, 0) is 98.5 Å². The molecule has 2 aliphatic heterocycles. The van der Waals surface area contributed by atoms with Crippen LogP contribution in [-0.4, -0.2) is 105 Å². The van der Waals surface area contributed by atoms with Crippen LogP contribution < -0.4 is 24.3 Å². The van der Waals surface area contributed by atoms with Crippen molar-refractivity contribution in [2.75, 3.05) is 71.4 Å². The second-order valence-electron chi connectivity index (χ2n) is 15.7. The van der Waals surface area contributed by atoms with Crippen molar-refractivity contribution in [3.63, 3.8) is 0 Å². The van der Waals surface area contributed by atoms with Crippen LogP contribution in [0.2, 0.25) is 0 Å². The lowest BCUT2D eigenvalue weighted by Gasteiger charge is -2.23. The monoisotopic (exact) mass is 861 g/mol. The third kappa shape index (κ3) is 12.7. The zero-order valence-corrected chi connectivity index (χ0v) is 35.4. The maximum absolute atomic E-state index is 13.5. The number of aliphatic hydroxyl groups is 2. The Bertz CT molecular complexity index is 2030. The number of benzene rings is 3. The fourth-order valence-corrected chi connectivity index (χ4v) is 7.73. The number of ketones is 1. The first-order valence-electron chi connectivity index (χ1n) is 22.2. The van der Waals surface area contributed by atoms with E-state index in [0.29, 0.717) is 99.8 Å². The Hall–Kier alpha value is -4.77. The molecule has 3 aromatic carbocycles. The number of hydrogen-bond acceptors (Lipinski definition) is 13. The molecule has 4 aromatic rings. The molecule has 2 aliphatic carbocycles. The van der Waals surface area contributed by atoms with E-state index in [9.17, 15) is 9.18 Å². The fourth-order valence-electron chi connectivity index (χ4n) is 7.73. The standard InChI is InChI=1S/C25H36O7.C22H24FN3O4/c26-21-10-9-19-17-22(27-13-5-15-31-24-7-1-3-11-29-24)23(18-20(19)21)28-14-6-16-32-25-8-2-4-12-30-25;23-15-4-1-5-16(12-15)24-22-18-10-14-11-19(29-8-2-6-27)20(30-9-3-7-28)13-17(14)21(18)25-26-22/h17-18,24-25H,1-16H2;1,4-5,11-13,27-28H,2-3,6-10H2,(H2,24,25,26). The summed E-state index contributed by atoms with van der Waals surface area (Å²) in [4.78, 5) is 12.2. The molecule has 0 amide bonds. The highest BCUT2D eigenvalue weighted by atomic mass is 19.1. The highest BCUT2D eigenvalue weighted by Crippen LogP contribution is 2.45. The normalized spacial score (nSPS) is 17.7. The largest absolute Gasteiger partial charge is 0.490 e. The van der Waals surface area contributed by atoms with Crippen molar-refractivity contribution in [1.29, 1.82) is 0 Å². The summed E-state index contributed by atoms with van der Waals surface area (Å²) in [6.07, 6.45) is 10.9. The predicted octanol–water partition coefficient (Wildman–Crippen LogP) is 7.83. The zero-order chi connectivity index (χ0) is 42.9. The van der Waals surface area contributed by atoms with Crippen molar-refractivity contribution in [2.24, 2.45) is 0 Å². The number of fused-ring (bicyclic) bond motifs is 4. The van der Waals surface area contributed by atoms with Gasteiger partial charge >= 0.3 is 0 Å². The lowest BCUT2D eigenvalue weighted by atomic mass is 10.1. The number of Topliss-reactive ketones (excluding diaryl/α,β-unsaturated/α-hetero) is 1. The van der Waals surface area contributed by atoms with E-state index >= 15 is 0 Å². The van der Waals surface area contributed by atoms with Crippen molar-refractivity contribution in [2.45, 2.75) is 96.1 Å². The van der Waals surface area contributed by atoms with E-state index in [1.54, 1.807) is 12.1 Å². The summed E-state index contributed by atoms with van der Waals surface area (Å²) < 4.78 is 59.9. The maximum Gasteiger partial charge on any atom is 0.163 e. The van der Waals surface area contributed by atoms with Crippen molar-refractivity contribution in [1.82, 2.24) is 10.2 Å². The average molecular weight is 862 g/mol. The fraction of sp³-hybridized carbons (Fsp3) is 0.532. The third-order valence-electron chi connectivity index (χ3n) is 10.9. The molecule has 2 saturated heterocycles. The second kappa shape index (κ2) is 23.6. The summed E-state index contributed by atoms with van der Waals surface area (Å²) in [5, 5.41) is 28.6. The number of carbonyl (C=O) groups is 1. The van der Waals surface area contributed by atoms with Gasteiger partial charge in [0.2, 0.25) is 0 Å². The van der Waals surface area contributed by atoms with Crippen molar-refractivity contribution >= 4 is 17.3 Å². The van der Waals surface area contributed by atoms with Crippen LogP contribution in [0.5, 0.6) is 23.0 Å². The van der Waals surface area contributed by atoms with Crippen LogP contribution in [-0.2, 0) is 31.8 Å². The summed E-state index contributed by atoms with van der Waals surface area (Å²) >= 11 is 0. The number of aromatic nitrogens is 2. The number of ether oxygens (including phenoxy) is 8. The summed E-state index contributed by atoms with van der Waals surface area (Å²) in [7, 11) is 0. The molecule has 0 radical (unpaired) electrons. The molecule has 0 bridgehead atoms. The number of halogens is 1. The Balaban J connectivity index is 0.000000187. The van der Waals surface area contributed by atoms with Crippen molar-refractivity contribution in [3.8, 4) is 34.3 Å². The van der Waals surface area contributed by atoms with Gasteiger partial charge in [0.25, 0.3) is 0 Å². The Morgan fingerprint density at radius 1 is 0.694 bits per heavy atom. The van der Waals surface area contributed by atoms with Gasteiger partial charge in [0.15, 0.2) is 47.2 Å². The molecular formula is C47H60FN3O11. The first kappa shape index (κ1) is 45.3. The maximum atomic E-state index is 13.5. The van der Waals surface area contributed by atoms with Crippen molar-refractivity contribution < 1.29 is 57.3 Å². The lowest BCUT2D eigenvalue weighted by molar-refractivity contribution is -0.163. The minimum atomic E-state index is -0.315. The molecule has 15 heteroatoms. The van der Waals surface area contributed by atoms with Gasteiger partial charge in [0.05, 0.1) is 45.3 Å². The van der Waals surface area contributed by atoms with Crippen LogP contribution in [0.4, 0.5) is 15.9 Å². The van der Waals surface area contributed by atoms with Gasteiger partial charge in [-0.1, -0.05) is 6.07 Å². The molecular weight excluding hydrogens is 802 g/mol. The predicted molar refractivity (Wildman–Crippen MR) is 229 cm³/mol. The number of nitrogens with one attached hydrogen (secondary N) is 2. The molecule has 2 atom stereocenters. The number of anilines is 2. The van der Waals surface area contributed by atoms with Crippen LogP contribution in [0.1, 0.15) is 97.7 Å². The molecule has 4 aliphatic rings. The van der Waals surface area contributed by atoms with Gasteiger partial charge < -0.3 is 53.4 Å². The molecule has 14 nitrogen and oxygen atoms in total. The van der Waals surface area contributed by atoms with E-state index < -0.39 is 0 Å². The minimum Gasteiger partial charge on any atom is -0.490 e. The molecule has 8 rings (SSSR count). The summed E-state index contributed by atoms with van der Waals surface area (Å²) in [6.45, 7) is 4.63. The molecule has 2 unspecified atom stereocenters. The first-order chi connectivity index (χ1) is 30.5. The van der Waals surface area contributed by atoms with E-state index in [4.69, 9.17) is 48.1 Å². The molecule has 2 fully saturated rings. The van der Waals surface area contributed by atoms with Crippen LogP contribution in [0.25, 0.3) is 11.3 Å². The van der Waals surface area contributed by atoms with Gasteiger partial charge in [-0.15, -0.1) is 0 Å². The summed E-state index contributed by atoms with van der Waals surface area (Å²) in [5.74, 6) is 3.03. The number of hydrogen-bond donors (Lipinski definition) is 4. The topological polar surface area (TPSA) is 172 Å². The van der Waals surface area contributed by atoms with E-state index in [1.807, 2.05) is 24.3 Å². The van der Waals surface area contributed by atoms with Gasteiger partial charge in [-0.2, -0.15) is 5.10 Å². The quantitative estimate of drug-likeness (QED) is 0.0497. The Labute approximate surface area is 362 Å². The number of H-pyrrole nitrogens is 1. The zero-order valence-electron chi connectivity index (χ0n) is 35.4. The van der Waals surface area contributed by atoms with E-state index in [-0.39, 0.29) is 37.4 Å². The molecule has 62 heavy (non-hydrogen) atoms. The molecule has 1 aromatic heterocycles. The van der Waals surface area contributed by atoms with E-state index in [2.05, 4.69) is 15.5 Å². The molecule has 4 N–H and O–H groups in total. The number of aliphatic hydroxyl groups excluding tert-OH is 2. The average Bonchev–Trinajstić information content (AvgIpc) is 3.97. The Morgan fingerprint density at radius 3 is 1.85 bits per heavy atom. The number of rotatable bonds is 22. The summed E-state index contributed by atoms with van der Waals surface area (Å²) in [6, 6.07) is 13.9. The van der Waals surface area contributed by atoms with Crippen LogP contribution in [0.3, 0.4) is 0 Å². The minimum absolute atomic E-state index is 0.0471. The first-order valence-corrected chi connectivity index (χ1v) is 22.2. The molecule has 0 saturated carbocycles. The van der Waals surface area contributed by atoms with Gasteiger partial charge in [0, 0.05) is 87.3 Å². The van der Waals surface area contributed by atoms with Gasteiger partial charge in [-0.25, -0.2) is 4.39 Å². The molecule has 0 spiro atoms. The third-order valence-corrected chi connectivity index (χ3v) is 10.9. The second-order valence-corrected chi connectivity index (χ2v) is 15.7. The van der Waals surface area contributed by atoms with Gasteiger partial charge in [0.1, 0.15) is 5.82 Å². The number of aromatic amines is 1. The highest BCUT2D eigenvalue weighted by Gasteiger charge is 2.28. The Kier molecular flexibility index (Phi) is 17.2.